The highest BCUT2D eigenvalue weighted by Crippen LogP contribution is 2.30. The first-order chi connectivity index (χ1) is 7.36. The maximum Gasteiger partial charge on any atom is -0.0233 e. The number of hydrogen-bond donors (Lipinski definition) is 0. The Bertz CT molecular complexity index is 192. The van der Waals surface area contributed by atoms with Crippen LogP contribution in [-0.2, 0) is 0 Å². The normalized spacial score (nSPS) is 27.9. The van der Waals surface area contributed by atoms with Gasteiger partial charge in [-0.25, -0.2) is 0 Å². The van der Waals surface area contributed by atoms with E-state index in [-0.39, 0.29) is 0 Å². The summed E-state index contributed by atoms with van der Waals surface area (Å²) < 4.78 is 0. The van der Waals surface area contributed by atoms with Crippen LogP contribution in [0.1, 0.15) is 58.8 Å². The first-order valence-corrected chi connectivity index (χ1v) is 6.66. The third-order valence-electron chi connectivity index (χ3n) is 3.41. The van der Waals surface area contributed by atoms with Gasteiger partial charge in [-0.2, -0.15) is 0 Å². The summed E-state index contributed by atoms with van der Waals surface area (Å²) in [6, 6.07) is 0. The molecule has 0 amide bonds. The van der Waals surface area contributed by atoms with E-state index in [0.29, 0.717) is 0 Å². The van der Waals surface area contributed by atoms with E-state index in [0.717, 1.165) is 11.8 Å². The van der Waals surface area contributed by atoms with Crippen molar-refractivity contribution < 1.29 is 0 Å². The van der Waals surface area contributed by atoms with Crippen LogP contribution in [0.15, 0.2) is 24.3 Å². The lowest BCUT2D eigenvalue weighted by Gasteiger charge is -2.24. The average molecular weight is 206 g/mol. The minimum absolute atomic E-state index is 0.871. The van der Waals surface area contributed by atoms with Crippen LogP contribution in [0.5, 0.6) is 0 Å². The fraction of sp³-hybridized carbons (Fsp3) is 0.733. The molecular weight excluding hydrogens is 180 g/mol. The zero-order chi connectivity index (χ0) is 10.9. The lowest BCUT2D eigenvalue weighted by Crippen LogP contribution is -2.11. The molecule has 0 aromatic rings. The van der Waals surface area contributed by atoms with Crippen molar-refractivity contribution in [2.24, 2.45) is 11.8 Å². The van der Waals surface area contributed by atoms with Crippen LogP contribution >= 0.6 is 0 Å². The number of unbranched alkanes of at least 4 members (excludes halogenated alkanes) is 2. The Hall–Kier alpha value is -0.520. The van der Waals surface area contributed by atoms with E-state index < -0.39 is 0 Å². The van der Waals surface area contributed by atoms with Crippen LogP contribution in [0.3, 0.4) is 0 Å². The Morgan fingerprint density at radius 2 is 1.60 bits per heavy atom. The minimum Gasteiger partial charge on any atom is -0.0914 e. The predicted molar refractivity (Wildman–Crippen MR) is 68.9 cm³/mol. The van der Waals surface area contributed by atoms with Gasteiger partial charge in [0, 0.05) is 0 Å². The quantitative estimate of drug-likeness (QED) is 0.433. The van der Waals surface area contributed by atoms with Gasteiger partial charge in [0.1, 0.15) is 0 Å². The summed E-state index contributed by atoms with van der Waals surface area (Å²) in [6.07, 6.45) is 19.0. The molecule has 0 unspecified atom stereocenters. The van der Waals surface area contributed by atoms with Crippen molar-refractivity contribution in [2.75, 3.05) is 0 Å². The standard InChI is InChI=1S/C15H26/c1-3-5-6-7-9-15-12-10-14(8-4-2)11-13-15/h4,7-9,14-15H,3,5-6,10-13H2,1-2H3. The summed E-state index contributed by atoms with van der Waals surface area (Å²) in [5.74, 6) is 1.75. The van der Waals surface area contributed by atoms with E-state index >= 15 is 0 Å². The van der Waals surface area contributed by atoms with Crippen molar-refractivity contribution in [1.29, 1.82) is 0 Å². The van der Waals surface area contributed by atoms with E-state index in [1.807, 2.05) is 0 Å². The lowest BCUT2D eigenvalue weighted by molar-refractivity contribution is 0.356. The molecule has 1 saturated carbocycles. The largest absolute Gasteiger partial charge is 0.0914 e. The molecule has 0 aliphatic heterocycles. The van der Waals surface area contributed by atoms with Gasteiger partial charge in [-0.05, 0) is 50.9 Å². The molecule has 0 nitrogen and oxygen atoms in total. The molecule has 1 fully saturated rings. The first kappa shape index (κ1) is 12.5. The van der Waals surface area contributed by atoms with Crippen molar-refractivity contribution in [3.8, 4) is 0 Å². The van der Waals surface area contributed by atoms with Crippen molar-refractivity contribution in [1.82, 2.24) is 0 Å². The zero-order valence-corrected chi connectivity index (χ0v) is 10.4. The summed E-state index contributed by atoms with van der Waals surface area (Å²) >= 11 is 0. The molecule has 86 valence electrons. The van der Waals surface area contributed by atoms with Gasteiger partial charge in [0.15, 0.2) is 0 Å². The minimum atomic E-state index is 0.871. The van der Waals surface area contributed by atoms with Gasteiger partial charge in [-0.1, -0.05) is 44.1 Å². The van der Waals surface area contributed by atoms with E-state index in [2.05, 4.69) is 38.2 Å². The van der Waals surface area contributed by atoms with Gasteiger partial charge in [0.05, 0.1) is 0 Å². The van der Waals surface area contributed by atoms with Crippen molar-refractivity contribution >= 4 is 0 Å². The van der Waals surface area contributed by atoms with Crippen LogP contribution in [0.2, 0.25) is 0 Å². The smallest absolute Gasteiger partial charge is 0.0233 e. The van der Waals surface area contributed by atoms with Gasteiger partial charge in [0.2, 0.25) is 0 Å². The molecule has 0 aromatic carbocycles. The zero-order valence-electron chi connectivity index (χ0n) is 10.4. The predicted octanol–water partition coefficient (Wildman–Crippen LogP) is 5.12. The molecular formula is C15H26. The molecule has 1 rings (SSSR count). The van der Waals surface area contributed by atoms with Crippen LogP contribution in [-0.4, -0.2) is 0 Å². The number of allylic oxidation sites excluding steroid dienone is 4. The summed E-state index contributed by atoms with van der Waals surface area (Å²) in [7, 11) is 0. The molecule has 0 heteroatoms. The average Bonchev–Trinajstić information content (AvgIpc) is 2.27. The topological polar surface area (TPSA) is 0 Å². The Morgan fingerprint density at radius 1 is 1.00 bits per heavy atom. The van der Waals surface area contributed by atoms with Gasteiger partial charge in [-0.15, -0.1) is 0 Å². The molecule has 1 aliphatic rings. The SMILES string of the molecule is CC=CC1CCC(C=CCCCC)CC1. The molecule has 0 bridgehead atoms. The first-order valence-electron chi connectivity index (χ1n) is 6.66. The highest BCUT2D eigenvalue weighted by molar-refractivity contribution is 4.95. The van der Waals surface area contributed by atoms with Gasteiger partial charge >= 0.3 is 0 Å². The van der Waals surface area contributed by atoms with E-state index in [1.54, 1.807) is 0 Å². The maximum atomic E-state index is 2.47. The molecule has 1 aliphatic carbocycles. The summed E-state index contributed by atoms with van der Waals surface area (Å²) in [4.78, 5) is 0. The van der Waals surface area contributed by atoms with Crippen LogP contribution in [0.25, 0.3) is 0 Å². The second-order valence-electron chi connectivity index (χ2n) is 4.77. The highest BCUT2D eigenvalue weighted by atomic mass is 14.2. The monoisotopic (exact) mass is 206 g/mol. The Labute approximate surface area is 95.5 Å². The maximum absolute atomic E-state index is 2.47. The number of hydrogen-bond acceptors (Lipinski definition) is 0. The molecule has 0 aromatic heterocycles. The van der Waals surface area contributed by atoms with Crippen LogP contribution in [0, 0.1) is 11.8 Å². The Kier molecular flexibility index (Phi) is 6.47. The van der Waals surface area contributed by atoms with Gasteiger partial charge in [0.25, 0.3) is 0 Å². The summed E-state index contributed by atoms with van der Waals surface area (Å²) in [5.41, 5.74) is 0. The van der Waals surface area contributed by atoms with E-state index in [9.17, 15) is 0 Å². The number of rotatable bonds is 5. The Balaban J connectivity index is 2.16. The van der Waals surface area contributed by atoms with Gasteiger partial charge < -0.3 is 0 Å². The fourth-order valence-corrected chi connectivity index (χ4v) is 2.41. The van der Waals surface area contributed by atoms with Crippen LogP contribution in [0.4, 0.5) is 0 Å². The highest BCUT2D eigenvalue weighted by Gasteiger charge is 2.16. The van der Waals surface area contributed by atoms with Crippen molar-refractivity contribution in [3.63, 3.8) is 0 Å². The summed E-state index contributed by atoms with van der Waals surface area (Å²) in [5, 5.41) is 0. The molecule has 0 heterocycles. The molecule has 0 N–H and O–H groups in total. The van der Waals surface area contributed by atoms with Crippen molar-refractivity contribution in [2.45, 2.75) is 58.8 Å². The summed E-state index contributed by atoms with van der Waals surface area (Å²) in [6.45, 7) is 4.40. The second kappa shape index (κ2) is 7.73. The molecule has 15 heavy (non-hydrogen) atoms. The molecule has 0 atom stereocenters. The van der Waals surface area contributed by atoms with E-state index in [4.69, 9.17) is 0 Å². The van der Waals surface area contributed by atoms with Crippen molar-refractivity contribution in [3.05, 3.63) is 24.3 Å². The van der Waals surface area contributed by atoms with Crippen LogP contribution < -0.4 is 0 Å². The Morgan fingerprint density at radius 3 is 2.13 bits per heavy atom. The third kappa shape index (κ3) is 5.20. The second-order valence-corrected chi connectivity index (χ2v) is 4.77. The molecule has 0 radical (unpaired) electrons. The lowest BCUT2D eigenvalue weighted by atomic mass is 9.81. The van der Waals surface area contributed by atoms with E-state index in [1.165, 1.54) is 44.9 Å². The fourth-order valence-electron chi connectivity index (χ4n) is 2.41. The third-order valence-corrected chi connectivity index (χ3v) is 3.41. The molecule has 0 saturated heterocycles. The molecule has 0 spiro atoms. The van der Waals surface area contributed by atoms with Gasteiger partial charge in [-0.3, -0.25) is 0 Å².